The van der Waals surface area contributed by atoms with E-state index in [4.69, 9.17) is 4.74 Å². The summed E-state index contributed by atoms with van der Waals surface area (Å²) in [6.07, 6.45) is 1.54. The van der Waals surface area contributed by atoms with Crippen LogP contribution in [0.2, 0.25) is 0 Å². The van der Waals surface area contributed by atoms with Crippen molar-refractivity contribution in [3.8, 4) is 5.75 Å². The molecular formula is C16H14FNO2S. The van der Waals surface area contributed by atoms with Gasteiger partial charge in [-0.2, -0.15) is 11.8 Å². The number of carbonyl (C=O) groups is 1. The first-order chi connectivity index (χ1) is 10.2. The van der Waals surface area contributed by atoms with E-state index in [9.17, 15) is 9.18 Å². The summed E-state index contributed by atoms with van der Waals surface area (Å²) < 4.78 is 19.8. The van der Waals surface area contributed by atoms with Gasteiger partial charge < -0.3 is 10.1 Å². The fourth-order valence-electron chi connectivity index (χ4n) is 2.98. The summed E-state index contributed by atoms with van der Waals surface area (Å²) in [7, 11) is 0. The van der Waals surface area contributed by atoms with E-state index in [0.717, 1.165) is 29.7 Å². The SMILES string of the molecule is O=C1NC2(CCSCC2)Oc2c1ccc1ccc(F)cc21. The highest BCUT2D eigenvalue weighted by Gasteiger charge is 2.41. The van der Waals surface area contributed by atoms with Crippen molar-refractivity contribution in [2.24, 2.45) is 0 Å². The van der Waals surface area contributed by atoms with Crippen LogP contribution in [0.1, 0.15) is 23.2 Å². The van der Waals surface area contributed by atoms with Crippen molar-refractivity contribution >= 4 is 28.4 Å². The monoisotopic (exact) mass is 303 g/mol. The summed E-state index contributed by atoms with van der Waals surface area (Å²) in [6.45, 7) is 0. The predicted octanol–water partition coefficient (Wildman–Crippen LogP) is 3.32. The molecule has 2 aromatic carbocycles. The quantitative estimate of drug-likeness (QED) is 0.811. The Bertz CT molecular complexity index is 740. The maximum Gasteiger partial charge on any atom is 0.258 e. The molecule has 5 heteroatoms. The molecule has 2 aliphatic heterocycles. The third-order valence-corrected chi connectivity index (χ3v) is 5.10. The van der Waals surface area contributed by atoms with Crippen LogP contribution in [-0.2, 0) is 0 Å². The molecule has 0 aromatic heterocycles. The summed E-state index contributed by atoms with van der Waals surface area (Å²) in [5, 5.41) is 4.55. The number of benzene rings is 2. The number of ether oxygens (including phenoxy) is 1. The molecule has 4 rings (SSSR count). The number of thioether (sulfide) groups is 1. The lowest BCUT2D eigenvalue weighted by molar-refractivity contribution is 0.0137. The maximum atomic E-state index is 13.6. The van der Waals surface area contributed by atoms with Crippen molar-refractivity contribution in [1.82, 2.24) is 5.32 Å². The van der Waals surface area contributed by atoms with Crippen LogP contribution in [0.4, 0.5) is 4.39 Å². The maximum absolute atomic E-state index is 13.6. The van der Waals surface area contributed by atoms with Gasteiger partial charge in [-0.3, -0.25) is 4.79 Å². The molecule has 0 bridgehead atoms. The molecule has 2 heterocycles. The number of hydrogen-bond acceptors (Lipinski definition) is 3. The molecule has 0 unspecified atom stereocenters. The molecule has 1 amide bonds. The van der Waals surface area contributed by atoms with Gasteiger partial charge in [0, 0.05) is 18.2 Å². The van der Waals surface area contributed by atoms with Crippen molar-refractivity contribution in [3.63, 3.8) is 0 Å². The number of carbonyl (C=O) groups excluding carboxylic acids is 1. The normalized spacial score (nSPS) is 20.0. The van der Waals surface area contributed by atoms with Crippen LogP contribution in [0.5, 0.6) is 5.75 Å². The van der Waals surface area contributed by atoms with Crippen molar-refractivity contribution in [1.29, 1.82) is 0 Å². The van der Waals surface area contributed by atoms with Crippen LogP contribution >= 0.6 is 11.8 Å². The number of halogens is 1. The van der Waals surface area contributed by atoms with E-state index in [-0.39, 0.29) is 11.7 Å². The van der Waals surface area contributed by atoms with Gasteiger partial charge in [-0.25, -0.2) is 4.39 Å². The minimum absolute atomic E-state index is 0.130. The number of hydrogen-bond donors (Lipinski definition) is 1. The molecule has 0 saturated carbocycles. The average molecular weight is 303 g/mol. The third kappa shape index (κ3) is 2.07. The zero-order chi connectivity index (χ0) is 14.4. The van der Waals surface area contributed by atoms with Gasteiger partial charge in [0.15, 0.2) is 5.72 Å². The lowest BCUT2D eigenvalue weighted by Crippen LogP contribution is -2.57. The van der Waals surface area contributed by atoms with E-state index in [1.165, 1.54) is 12.1 Å². The zero-order valence-corrected chi connectivity index (χ0v) is 12.1. The lowest BCUT2D eigenvalue weighted by atomic mass is 9.99. The first-order valence-electron chi connectivity index (χ1n) is 6.98. The molecule has 2 aromatic rings. The summed E-state index contributed by atoms with van der Waals surface area (Å²) in [4.78, 5) is 12.4. The Balaban J connectivity index is 1.90. The largest absolute Gasteiger partial charge is 0.467 e. The van der Waals surface area contributed by atoms with Crippen molar-refractivity contribution in [2.45, 2.75) is 18.6 Å². The highest BCUT2D eigenvalue weighted by Crippen LogP contribution is 2.39. The molecule has 108 valence electrons. The Morgan fingerprint density at radius 1 is 1.19 bits per heavy atom. The highest BCUT2D eigenvalue weighted by molar-refractivity contribution is 7.99. The molecule has 1 N–H and O–H groups in total. The van der Waals surface area contributed by atoms with Crippen molar-refractivity contribution in [2.75, 3.05) is 11.5 Å². The standard InChI is InChI=1S/C16H14FNO2S/c17-11-3-1-10-2-4-12-14(13(10)9-11)20-16(18-15(12)19)5-7-21-8-6-16/h1-4,9H,5-8H2,(H,18,19). The van der Waals surface area contributed by atoms with Gasteiger partial charge in [0.1, 0.15) is 11.6 Å². The van der Waals surface area contributed by atoms with E-state index < -0.39 is 5.72 Å². The second-order valence-electron chi connectivity index (χ2n) is 5.47. The van der Waals surface area contributed by atoms with Gasteiger partial charge in [-0.15, -0.1) is 0 Å². The number of fused-ring (bicyclic) bond motifs is 3. The minimum atomic E-state index is -0.629. The van der Waals surface area contributed by atoms with E-state index in [2.05, 4.69) is 5.32 Å². The smallest absolute Gasteiger partial charge is 0.258 e. The van der Waals surface area contributed by atoms with Crippen LogP contribution in [-0.4, -0.2) is 23.1 Å². The second-order valence-corrected chi connectivity index (χ2v) is 6.70. The average Bonchev–Trinajstić information content (AvgIpc) is 2.48. The van der Waals surface area contributed by atoms with Gasteiger partial charge in [0.2, 0.25) is 0 Å². The van der Waals surface area contributed by atoms with Gasteiger partial charge in [-0.05, 0) is 35.1 Å². The van der Waals surface area contributed by atoms with Crippen molar-refractivity contribution in [3.05, 3.63) is 41.7 Å². The highest BCUT2D eigenvalue weighted by atomic mass is 32.2. The van der Waals surface area contributed by atoms with Crippen LogP contribution in [0, 0.1) is 5.82 Å². The van der Waals surface area contributed by atoms with Crippen LogP contribution in [0.25, 0.3) is 10.8 Å². The fraction of sp³-hybridized carbons (Fsp3) is 0.312. The topological polar surface area (TPSA) is 38.3 Å². The Kier molecular flexibility index (Phi) is 2.85. The lowest BCUT2D eigenvalue weighted by Gasteiger charge is -2.41. The molecule has 1 spiro atoms. The zero-order valence-electron chi connectivity index (χ0n) is 11.3. The van der Waals surface area contributed by atoms with Gasteiger partial charge in [0.05, 0.1) is 5.56 Å². The Labute approximate surface area is 125 Å². The molecule has 2 aliphatic rings. The van der Waals surface area contributed by atoms with Gasteiger partial charge in [0.25, 0.3) is 5.91 Å². The molecule has 3 nitrogen and oxygen atoms in total. The first kappa shape index (κ1) is 13.0. The van der Waals surface area contributed by atoms with Gasteiger partial charge in [-0.1, -0.05) is 12.1 Å². The van der Waals surface area contributed by atoms with Gasteiger partial charge >= 0.3 is 0 Å². The summed E-state index contributed by atoms with van der Waals surface area (Å²) in [5.41, 5.74) is -0.146. The molecule has 1 fully saturated rings. The van der Waals surface area contributed by atoms with Crippen LogP contribution in [0.15, 0.2) is 30.3 Å². The van der Waals surface area contributed by atoms with Crippen LogP contribution in [0.3, 0.4) is 0 Å². The van der Waals surface area contributed by atoms with E-state index in [1.807, 2.05) is 17.8 Å². The fourth-order valence-corrected chi connectivity index (χ4v) is 4.13. The molecule has 0 atom stereocenters. The minimum Gasteiger partial charge on any atom is -0.467 e. The molecule has 0 aliphatic carbocycles. The van der Waals surface area contributed by atoms with E-state index in [1.54, 1.807) is 12.1 Å². The molecule has 1 saturated heterocycles. The first-order valence-corrected chi connectivity index (χ1v) is 8.14. The number of nitrogens with one attached hydrogen (secondary N) is 1. The van der Waals surface area contributed by atoms with E-state index in [0.29, 0.717) is 16.7 Å². The Morgan fingerprint density at radius 3 is 2.76 bits per heavy atom. The van der Waals surface area contributed by atoms with Crippen molar-refractivity contribution < 1.29 is 13.9 Å². The molecule has 21 heavy (non-hydrogen) atoms. The summed E-state index contributed by atoms with van der Waals surface area (Å²) in [5.74, 6) is 1.97. The Hall–Kier alpha value is -1.75. The number of rotatable bonds is 0. The molecule has 0 radical (unpaired) electrons. The van der Waals surface area contributed by atoms with E-state index >= 15 is 0 Å². The predicted molar refractivity (Wildman–Crippen MR) is 81.3 cm³/mol. The third-order valence-electron chi connectivity index (χ3n) is 4.12. The summed E-state index contributed by atoms with van der Waals surface area (Å²) >= 11 is 1.86. The summed E-state index contributed by atoms with van der Waals surface area (Å²) in [6, 6.07) is 8.15. The number of amides is 1. The second kappa shape index (κ2) is 4.63. The Morgan fingerprint density at radius 2 is 1.95 bits per heavy atom. The molecular weight excluding hydrogens is 289 g/mol. The van der Waals surface area contributed by atoms with Crippen LogP contribution < -0.4 is 10.1 Å².